The summed E-state index contributed by atoms with van der Waals surface area (Å²) in [4.78, 5) is 21.7. The second-order valence-corrected chi connectivity index (χ2v) is 3.41. The van der Waals surface area contributed by atoms with Crippen molar-refractivity contribution >= 4 is 12.2 Å². The van der Waals surface area contributed by atoms with Gasteiger partial charge in [-0.25, -0.2) is 14.5 Å². The summed E-state index contributed by atoms with van der Waals surface area (Å²) in [5.74, 6) is 0.402. The molecule has 0 radical (unpaired) electrons. The summed E-state index contributed by atoms with van der Waals surface area (Å²) in [5.41, 5.74) is 0. The number of nitrogens with one attached hydrogen (secondary N) is 1. The average molecular weight is 186 g/mol. The minimum Gasteiger partial charge on any atom is -0.465 e. The zero-order valence-corrected chi connectivity index (χ0v) is 6.80. The Balaban J connectivity index is 2.06. The van der Waals surface area contributed by atoms with Gasteiger partial charge in [0.1, 0.15) is 0 Å². The molecule has 0 bridgehead atoms. The van der Waals surface area contributed by atoms with Gasteiger partial charge in [0.25, 0.3) is 0 Å². The van der Waals surface area contributed by atoms with Gasteiger partial charge in [0, 0.05) is 13.1 Å². The molecule has 1 saturated heterocycles. The molecule has 1 saturated carbocycles. The first kappa shape index (κ1) is 8.31. The lowest BCUT2D eigenvalue weighted by Crippen LogP contribution is -2.40. The second kappa shape index (κ2) is 2.59. The molecule has 1 heterocycles. The van der Waals surface area contributed by atoms with Crippen LogP contribution in [0.2, 0.25) is 0 Å². The fourth-order valence-electron chi connectivity index (χ4n) is 2.11. The van der Waals surface area contributed by atoms with E-state index in [0.29, 0.717) is 4.90 Å². The van der Waals surface area contributed by atoms with Gasteiger partial charge >= 0.3 is 12.2 Å². The van der Waals surface area contributed by atoms with Crippen molar-refractivity contribution in [3.8, 4) is 0 Å². The Morgan fingerprint density at radius 1 is 1.15 bits per heavy atom. The maximum absolute atomic E-state index is 10.6. The summed E-state index contributed by atoms with van der Waals surface area (Å²) >= 11 is 0. The molecule has 3 atom stereocenters. The third-order valence-corrected chi connectivity index (χ3v) is 2.76. The largest absolute Gasteiger partial charge is 0.465 e. The molecule has 13 heavy (non-hydrogen) atoms. The molecule has 6 nitrogen and oxygen atoms in total. The monoisotopic (exact) mass is 186 g/mol. The standard InChI is InChI=1S/C7H10N2O4/c10-6(11)9(7(12)13)5-3-1-8-2-4(3)5/h3-5,8H,1-2H2,(H,10,11)(H,12,13)/t3-,4+,5-. The van der Waals surface area contributed by atoms with Gasteiger partial charge in [-0.05, 0) is 11.8 Å². The molecule has 0 unspecified atom stereocenters. The van der Waals surface area contributed by atoms with Crippen molar-refractivity contribution in [3.05, 3.63) is 0 Å². The fraction of sp³-hybridized carbons (Fsp3) is 0.714. The van der Waals surface area contributed by atoms with Crippen molar-refractivity contribution in [1.29, 1.82) is 0 Å². The van der Waals surface area contributed by atoms with Gasteiger partial charge < -0.3 is 15.5 Å². The molecule has 2 aliphatic rings. The summed E-state index contributed by atoms with van der Waals surface area (Å²) < 4.78 is 0. The predicted octanol–water partition coefficient (Wildman–Crippen LogP) is -0.138. The van der Waals surface area contributed by atoms with Crippen LogP contribution in [0.5, 0.6) is 0 Å². The summed E-state index contributed by atoms with van der Waals surface area (Å²) in [7, 11) is 0. The molecule has 3 N–H and O–H groups in total. The van der Waals surface area contributed by atoms with Crippen LogP contribution in [-0.4, -0.2) is 46.4 Å². The van der Waals surface area contributed by atoms with Gasteiger partial charge in [-0.2, -0.15) is 0 Å². The highest BCUT2D eigenvalue weighted by Gasteiger charge is 2.59. The Bertz CT molecular complexity index is 243. The van der Waals surface area contributed by atoms with Crippen LogP contribution in [0.4, 0.5) is 9.59 Å². The van der Waals surface area contributed by atoms with E-state index in [9.17, 15) is 9.59 Å². The van der Waals surface area contributed by atoms with Crippen LogP contribution in [0.1, 0.15) is 0 Å². The molecule has 0 aromatic carbocycles. The van der Waals surface area contributed by atoms with E-state index in [1.54, 1.807) is 0 Å². The van der Waals surface area contributed by atoms with Crippen molar-refractivity contribution in [2.75, 3.05) is 13.1 Å². The topological polar surface area (TPSA) is 89.9 Å². The van der Waals surface area contributed by atoms with Crippen molar-refractivity contribution < 1.29 is 19.8 Å². The fourth-order valence-corrected chi connectivity index (χ4v) is 2.11. The number of carboxylic acid groups (broad SMARTS) is 2. The predicted molar refractivity (Wildman–Crippen MR) is 41.5 cm³/mol. The number of hydrogen-bond donors (Lipinski definition) is 3. The molecule has 72 valence electrons. The molecule has 6 heteroatoms. The van der Waals surface area contributed by atoms with E-state index in [-0.39, 0.29) is 17.9 Å². The van der Waals surface area contributed by atoms with Crippen molar-refractivity contribution in [3.63, 3.8) is 0 Å². The lowest BCUT2D eigenvalue weighted by atomic mass is 10.4. The highest BCUT2D eigenvalue weighted by molar-refractivity contribution is 5.86. The van der Waals surface area contributed by atoms with Crippen LogP contribution in [0, 0.1) is 11.8 Å². The molecular formula is C7H10N2O4. The molecule has 0 aromatic rings. The van der Waals surface area contributed by atoms with E-state index in [1.165, 1.54) is 0 Å². The zero-order chi connectivity index (χ0) is 9.59. The molecule has 2 amide bonds. The van der Waals surface area contributed by atoms with Gasteiger partial charge in [-0.15, -0.1) is 0 Å². The van der Waals surface area contributed by atoms with Crippen molar-refractivity contribution in [1.82, 2.24) is 10.2 Å². The summed E-state index contributed by atoms with van der Waals surface area (Å²) in [6, 6.07) is -0.309. The number of imide groups is 1. The lowest BCUT2D eigenvalue weighted by molar-refractivity contribution is 0.116. The average Bonchev–Trinajstić information content (AvgIpc) is 2.53. The van der Waals surface area contributed by atoms with Crippen LogP contribution in [0.15, 0.2) is 0 Å². The number of amides is 2. The molecule has 1 aliphatic carbocycles. The number of fused-ring (bicyclic) bond motifs is 1. The minimum absolute atomic E-state index is 0.201. The smallest absolute Gasteiger partial charge is 0.417 e. The molecule has 0 spiro atoms. The van der Waals surface area contributed by atoms with E-state index in [0.717, 1.165) is 13.1 Å². The third kappa shape index (κ3) is 1.14. The second-order valence-electron chi connectivity index (χ2n) is 3.41. The highest BCUT2D eigenvalue weighted by atomic mass is 16.4. The van der Waals surface area contributed by atoms with E-state index >= 15 is 0 Å². The number of piperidine rings is 1. The Kier molecular flexibility index (Phi) is 1.66. The quantitative estimate of drug-likeness (QED) is 0.530. The summed E-state index contributed by atoms with van der Waals surface area (Å²) in [5, 5.41) is 20.3. The lowest BCUT2D eigenvalue weighted by Gasteiger charge is -2.15. The first-order valence-electron chi connectivity index (χ1n) is 4.08. The van der Waals surface area contributed by atoms with E-state index in [4.69, 9.17) is 10.2 Å². The van der Waals surface area contributed by atoms with Crippen LogP contribution in [0.3, 0.4) is 0 Å². The van der Waals surface area contributed by atoms with Gasteiger partial charge in [-0.3, -0.25) is 0 Å². The Labute approximate surface area is 74.1 Å². The van der Waals surface area contributed by atoms with Crippen LogP contribution >= 0.6 is 0 Å². The van der Waals surface area contributed by atoms with E-state index < -0.39 is 12.2 Å². The highest BCUT2D eigenvalue weighted by Crippen LogP contribution is 2.45. The van der Waals surface area contributed by atoms with Crippen LogP contribution in [0.25, 0.3) is 0 Å². The van der Waals surface area contributed by atoms with Crippen LogP contribution < -0.4 is 5.32 Å². The third-order valence-electron chi connectivity index (χ3n) is 2.76. The van der Waals surface area contributed by atoms with Gasteiger partial charge in [0.15, 0.2) is 0 Å². The number of carbonyl (C=O) groups is 2. The normalized spacial score (nSPS) is 35.2. The Morgan fingerprint density at radius 3 is 2.00 bits per heavy atom. The maximum atomic E-state index is 10.6. The maximum Gasteiger partial charge on any atom is 0.417 e. The molecule has 0 aromatic heterocycles. The number of rotatable bonds is 1. The van der Waals surface area contributed by atoms with E-state index in [1.807, 2.05) is 0 Å². The first-order chi connectivity index (χ1) is 6.13. The van der Waals surface area contributed by atoms with Crippen LogP contribution in [-0.2, 0) is 0 Å². The Morgan fingerprint density at radius 2 is 1.62 bits per heavy atom. The Hall–Kier alpha value is -1.30. The zero-order valence-electron chi connectivity index (χ0n) is 6.80. The molecule has 2 rings (SSSR count). The van der Waals surface area contributed by atoms with Gasteiger partial charge in [-0.1, -0.05) is 0 Å². The van der Waals surface area contributed by atoms with Crippen molar-refractivity contribution in [2.45, 2.75) is 6.04 Å². The number of nitrogens with zero attached hydrogens (tertiary/aromatic N) is 1. The molecule has 2 fully saturated rings. The molecule has 1 aliphatic heterocycles. The molecular weight excluding hydrogens is 176 g/mol. The minimum atomic E-state index is -1.37. The van der Waals surface area contributed by atoms with E-state index in [2.05, 4.69) is 5.32 Å². The van der Waals surface area contributed by atoms with Crippen molar-refractivity contribution in [2.24, 2.45) is 11.8 Å². The summed E-state index contributed by atoms with van der Waals surface area (Å²) in [6.45, 7) is 1.46. The van der Waals surface area contributed by atoms with Gasteiger partial charge in [0.05, 0.1) is 6.04 Å². The number of hydrogen-bond acceptors (Lipinski definition) is 3. The SMILES string of the molecule is O=C(O)N(C(=O)O)[C@@H]1[C@@H]2CNC[C@@H]21. The first-order valence-corrected chi connectivity index (χ1v) is 4.08. The van der Waals surface area contributed by atoms with Gasteiger partial charge in [0.2, 0.25) is 0 Å². The summed E-state index contributed by atoms with van der Waals surface area (Å²) in [6.07, 6.45) is -2.74.